The lowest BCUT2D eigenvalue weighted by atomic mass is 10.1. The van der Waals surface area contributed by atoms with E-state index in [2.05, 4.69) is 16.6 Å². The summed E-state index contributed by atoms with van der Waals surface area (Å²) in [6.07, 6.45) is 7.33. The summed E-state index contributed by atoms with van der Waals surface area (Å²) in [7, 11) is -3.50. The Hall–Kier alpha value is -1.63. The van der Waals surface area contributed by atoms with Gasteiger partial charge >= 0.3 is 0 Å². The number of fused-ring (bicyclic) bond motifs is 1. The molecule has 1 heterocycles. The molecule has 7 heteroatoms. The Morgan fingerprint density at radius 1 is 1.04 bits per heavy atom. The van der Waals surface area contributed by atoms with Crippen molar-refractivity contribution in [3.63, 3.8) is 0 Å². The minimum Gasteiger partial charge on any atom is -0.359 e. The number of aromatic nitrogens is 1. The van der Waals surface area contributed by atoms with Crippen molar-refractivity contribution in [2.45, 2.75) is 45.4 Å². The molecule has 0 bridgehead atoms. The van der Waals surface area contributed by atoms with Crippen LogP contribution in [0.3, 0.4) is 0 Å². The van der Waals surface area contributed by atoms with Crippen LogP contribution in [0.2, 0.25) is 0 Å². The van der Waals surface area contributed by atoms with Crippen LogP contribution in [0.15, 0.2) is 18.3 Å². The topological polar surface area (TPSA) is 62.0 Å². The van der Waals surface area contributed by atoms with Crippen LogP contribution >= 0.6 is 0 Å². The lowest BCUT2D eigenvalue weighted by Gasteiger charge is -2.07. The number of H-pyrrole nitrogens is 1. The van der Waals surface area contributed by atoms with Crippen LogP contribution in [0.5, 0.6) is 0 Å². The molecule has 128 valence electrons. The molecule has 1 aromatic carbocycles. The molecule has 0 unspecified atom stereocenters. The number of hydrogen-bond acceptors (Lipinski definition) is 2. The van der Waals surface area contributed by atoms with Crippen molar-refractivity contribution in [2.75, 3.05) is 10.5 Å². The first-order valence-electron chi connectivity index (χ1n) is 7.89. The highest BCUT2D eigenvalue weighted by Crippen LogP contribution is 2.26. The van der Waals surface area contributed by atoms with Crippen LogP contribution < -0.4 is 4.72 Å². The van der Waals surface area contributed by atoms with E-state index in [0.29, 0.717) is 17.3 Å². The fourth-order valence-corrected chi connectivity index (χ4v) is 3.68. The third kappa shape index (κ3) is 4.92. The standard InChI is InChI=1S/C16H22F2N2O2S/c1-2-3-4-5-6-7-8-23(21,22)20-16-11-19-15-10-14(18)13(17)9-12(15)16/h9-11,19-20H,2-8H2,1H3. The number of unbranched alkanes of at least 4 members (excludes halogenated alkanes) is 5. The predicted octanol–water partition coefficient (Wildman–Crippen LogP) is 4.55. The molecule has 4 nitrogen and oxygen atoms in total. The molecule has 0 aliphatic rings. The molecule has 0 saturated carbocycles. The van der Waals surface area contributed by atoms with Gasteiger partial charge in [0.2, 0.25) is 10.0 Å². The van der Waals surface area contributed by atoms with Gasteiger partial charge in [-0.25, -0.2) is 17.2 Å². The molecule has 0 spiro atoms. The number of nitrogens with one attached hydrogen (secondary N) is 2. The van der Waals surface area contributed by atoms with E-state index in [-0.39, 0.29) is 11.4 Å². The minimum atomic E-state index is -3.50. The van der Waals surface area contributed by atoms with Gasteiger partial charge in [0.1, 0.15) is 0 Å². The van der Waals surface area contributed by atoms with Gasteiger partial charge in [-0.3, -0.25) is 4.72 Å². The zero-order valence-electron chi connectivity index (χ0n) is 13.2. The van der Waals surface area contributed by atoms with E-state index in [1.807, 2.05) is 0 Å². The largest absolute Gasteiger partial charge is 0.359 e. The van der Waals surface area contributed by atoms with E-state index in [1.165, 1.54) is 12.6 Å². The number of aromatic amines is 1. The van der Waals surface area contributed by atoms with Gasteiger partial charge in [0.25, 0.3) is 0 Å². The average molecular weight is 344 g/mol. The van der Waals surface area contributed by atoms with Crippen molar-refractivity contribution in [2.24, 2.45) is 0 Å². The number of benzene rings is 1. The average Bonchev–Trinajstić information content (AvgIpc) is 2.85. The van der Waals surface area contributed by atoms with Crippen molar-refractivity contribution in [3.8, 4) is 0 Å². The highest BCUT2D eigenvalue weighted by atomic mass is 32.2. The first kappa shape index (κ1) is 17.7. The Bertz CT molecular complexity index is 757. The van der Waals surface area contributed by atoms with Crippen molar-refractivity contribution >= 4 is 26.6 Å². The predicted molar refractivity (Wildman–Crippen MR) is 89.0 cm³/mol. The van der Waals surface area contributed by atoms with Gasteiger partial charge in [-0.1, -0.05) is 39.0 Å². The van der Waals surface area contributed by atoms with Crippen LogP contribution in [-0.2, 0) is 10.0 Å². The zero-order valence-corrected chi connectivity index (χ0v) is 14.0. The molecule has 0 amide bonds. The van der Waals surface area contributed by atoms with Crippen molar-refractivity contribution in [1.82, 2.24) is 4.98 Å². The molecule has 0 atom stereocenters. The molecular weight excluding hydrogens is 322 g/mol. The highest BCUT2D eigenvalue weighted by Gasteiger charge is 2.15. The van der Waals surface area contributed by atoms with Gasteiger partial charge in [0, 0.05) is 17.6 Å². The Kier molecular flexibility index (Phi) is 5.98. The number of rotatable bonds is 9. The molecule has 2 N–H and O–H groups in total. The van der Waals surface area contributed by atoms with Gasteiger partial charge in [0.05, 0.1) is 17.0 Å². The summed E-state index contributed by atoms with van der Waals surface area (Å²) in [5.74, 6) is -1.95. The van der Waals surface area contributed by atoms with Crippen molar-refractivity contribution < 1.29 is 17.2 Å². The molecule has 0 fully saturated rings. The second kappa shape index (κ2) is 7.77. The summed E-state index contributed by atoms with van der Waals surface area (Å²) in [4.78, 5) is 2.74. The Morgan fingerprint density at radius 3 is 2.43 bits per heavy atom. The molecule has 23 heavy (non-hydrogen) atoms. The van der Waals surface area contributed by atoms with Gasteiger partial charge in [-0.15, -0.1) is 0 Å². The van der Waals surface area contributed by atoms with Crippen molar-refractivity contribution in [3.05, 3.63) is 30.0 Å². The third-order valence-electron chi connectivity index (χ3n) is 3.75. The Balaban J connectivity index is 1.96. The maximum absolute atomic E-state index is 13.3. The van der Waals surface area contributed by atoms with Gasteiger partial charge < -0.3 is 4.98 Å². The quantitative estimate of drug-likeness (QED) is 0.656. The van der Waals surface area contributed by atoms with Crippen LogP contribution in [0.25, 0.3) is 10.9 Å². The second-order valence-corrected chi connectivity index (χ2v) is 7.54. The van der Waals surface area contributed by atoms with Crippen LogP contribution in [0.1, 0.15) is 45.4 Å². The molecule has 0 aliphatic heterocycles. The molecular formula is C16H22F2N2O2S. The van der Waals surface area contributed by atoms with E-state index in [1.54, 1.807) is 0 Å². The molecule has 2 rings (SSSR count). The molecule has 2 aromatic rings. The lowest BCUT2D eigenvalue weighted by Crippen LogP contribution is -2.16. The van der Waals surface area contributed by atoms with E-state index in [9.17, 15) is 17.2 Å². The summed E-state index contributed by atoms with van der Waals surface area (Å²) in [6, 6.07) is 2.00. The maximum atomic E-state index is 13.3. The molecule has 0 radical (unpaired) electrons. The summed E-state index contributed by atoms with van der Waals surface area (Å²) < 4.78 is 53.1. The molecule has 1 aromatic heterocycles. The van der Waals surface area contributed by atoms with E-state index < -0.39 is 21.7 Å². The first-order chi connectivity index (χ1) is 10.9. The minimum absolute atomic E-state index is 0.0233. The summed E-state index contributed by atoms with van der Waals surface area (Å²) in [5, 5.41) is 0.315. The maximum Gasteiger partial charge on any atom is 0.232 e. The number of sulfonamides is 1. The molecule has 0 saturated heterocycles. The number of halogens is 2. The monoisotopic (exact) mass is 344 g/mol. The van der Waals surface area contributed by atoms with Gasteiger partial charge in [0.15, 0.2) is 11.6 Å². The van der Waals surface area contributed by atoms with E-state index >= 15 is 0 Å². The van der Waals surface area contributed by atoms with Crippen LogP contribution in [0, 0.1) is 11.6 Å². The SMILES string of the molecule is CCCCCCCCS(=O)(=O)Nc1c[nH]c2cc(F)c(F)cc12. The summed E-state index contributed by atoms with van der Waals surface area (Å²) >= 11 is 0. The summed E-state index contributed by atoms with van der Waals surface area (Å²) in [6.45, 7) is 2.13. The van der Waals surface area contributed by atoms with Gasteiger partial charge in [-0.05, 0) is 12.5 Å². The Morgan fingerprint density at radius 2 is 1.70 bits per heavy atom. The molecule has 0 aliphatic carbocycles. The number of anilines is 1. The van der Waals surface area contributed by atoms with E-state index in [4.69, 9.17) is 0 Å². The van der Waals surface area contributed by atoms with Crippen molar-refractivity contribution in [1.29, 1.82) is 0 Å². The van der Waals surface area contributed by atoms with E-state index in [0.717, 1.165) is 37.8 Å². The smallest absolute Gasteiger partial charge is 0.232 e. The van der Waals surface area contributed by atoms with Crippen LogP contribution in [-0.4, -0.2) is 19.2 Å². The fourth-order valence-electron chi connectivity index (χ4n) is 2.49. The van der Waals surface area contributed by atoms with Gasteiger partial charge in [-0.2, -0.15) is 0 Å². The fraction of sp³-hybridized carbons (Fsp3) is 0.500. The normalized spacial score (nSPS) is 12.0. The highest BCUT2D eigenvalue weighted by molar-refractivity contribution is 7.92. The van der Waals surface area contributed by atoms with Crippen LogP contribution in [0.4, 0.5) is 14.5 Å². The Labute approximate surface area is 135 Å². The summed E-state index contributed by atoms with van der Waals surface area (Å²) in [5.41, 5.74) is 0.589. The number of hydrogen-bond donors (Lipinski definition) is 2. The lowest BCUT2D eigenvalue weighted by molar-refractivity contribution is 0.511. The second-order valence-electron chi connectivity index (χ2n) is 5.70. The third-order valence-corrected chi connectivity index (χ3v) is 5.11. The first-order valence-corrected chi connectivity index (χ1v) is 9.55. The zero-order chi connectivity index (χ0) is 16.9.